The lowest BCUT2D eigenvalue weighted by Crippen LogP contribution is -2.31. The molecule has 98 valence electrons. The highest BCUT2D eigenvalue weighted by atomic mass is 79.9. The lowest BCUT2D eigenvalue weighted by atomic mass is 10.1. The molecule has 1 amide bonds. The number of alkyl halides is 1. The molecule has 0 aliphatic carbocycles. The Labute approximate surface area is 112 Å². The van der Waals surface area contributed by atoms with Crippen LogP contribution in [0.2, 0.25) is 0 Å². The summed E-state index contributed by atoms with van der Waals surface area (Å²) in [4.78, 5) is 22.8. The molecule has 1 atom stereocenters. The number of rotatable bonds is 4. The molecule has 0 aliphatic heterocycles. The van der Waals surface area contributed by atoms with Crippen molar-refractivity contribution in [3.05, 3.63) is 33.9 Å². The van der Waals surface area contributed by atoms with Gasteiger partial charge in [-0.3, -0.25) is 14.9 Å². The molecule has 1 N–H and O–H groups in total. The van der Waals surface area contributed by atoms with E-state index in [1.54, 1.807) is 20.0 Å². The molecule has 6 nitrogen and oxygen atoms in total. The molecule has 1 rings (SSSR count). The van der Waals surface area contributed by atoms with Crippen molar-refractivity contribution >= 4 is 27.5 Å². The van der Waals surface area contributed by atoms with Crippen molar-refractivity contribution in [2.24, 2.45) is 0 Å². The molecule has 0 aromatic heterocycles. The number of hydrogen-bond acceptors (Lipinski definition) is 4. The molecular weight excluding hydrogens is 304 g/mol. The summed E-state index contributed by atoms with van der Waals surface area (Å²) in [6.07, 6.45) is 0. The molecule has 18 heavy (non-hydrogen) atoms. The summed E-state index contributed by atoms with van der Waals surface area (Å²) in [6, 6.07) is 4.06. The van der Waals surface area contributed by atoms with Crippen LogP contribution in [-0.4, -0.2) is 32.7 Å². The first-order valence-electron chi connectivity index (χ1n) is 5.18. The van der Waals surface area contributed by atoms with E-state index in [1.807, 2.05) is 0 Å². The van der Waals surface area contributed by atoms with Crippen LogP contribution in [-0.2, 0) is 11.3 Å². The van der Waals surface area contributed by atoms with Crippen LogP contribution in [0.4, 0.5) is 5.69 Å². The molecule has 0 bridgehead atoms. The summed E-state index contributed by atoms with van der Waals surface area (Å²) in [5.41, 5.74) is 0.226. The number of phenolic OH excluding ortho intramolecular Hbond substituents is 1. The van der Waals surface area contributed by atoms with Gasteiger partial charge in [0.15, 0.2) is 5.75 Å². The van der Waals surface area contributed by atoms with Gasteiger partial charge < -0.3 is 10.0 Å². The summed E-state index contributed by atoms with van der Waals surface area (Å²) in [5, 5.41) is 20.0. The minimum absolute atomic E-state index is 0.120. The van der Waals surface area contributed by atoms with Crippen molar-refractivity contribution in [2.45, 2.75) is 18.3 Å². The van der Waals surface area contributed by atoms with Gasteiger partial charge in [0.2, 0.25) is 5.91 Å². The van der Waals surface area contributed by atoms with E-state index in [1.165, 1.54) is 17.0 Å². The Kier molecular flexibility index (Phi) is 4.66. The van der Waals surface area contributed by atoms with Crippen LogP contribution in [0, 0.1) is 10.1 Å². The lowest BCUT2D eigenvalue weighted by Gasteiger charge is -2.18. The second-order valence-electron chi connectivity index (χ2n) is 3.89. The van der Waals surface area contributed by atoms with Gasteiger partial charge in [-0.25, -0.2) is 0 Å². The van der Waals surface area contributed by atoms with E-state index in [-0.39, 0.29) is 28.7 Å². The molecule has 0 spiro atoms. The highest BCUT2D eigenvalue weighted by molar-refractivity contribution is 9.10. The Morgan fingerprint density at radius 1 is 1.61 bits per heavy atom. The Morgan fingerprint density at radius 2 is 2.22 bits per heavy atom. The number of benzene rings is 1. The van der Waals surface area contributed by atoms with Crippen molar-refractivity contribution in [1.82, 2.24) is 4.90 Å². The van der Waals surface area contributed by atoms with Gasteiger partial charge >= 0.3 is 5.69 Å². The third kappa shape index (κ3) is 3.43. The molecule has 7 heteroatoms. The average Bonchev–Trinajstić information content (AvgIpc) is 2.29. The number of phenols is 1. The third-order valence-corrected chi connectivity index (χ3v) is 2.76. The normalized spacial score (nSPS) is 11.9. The van der Waals surface area contributed by atoms with Crippen LogP contribution in [0.25, 0.3) is 0 Å². The standard InChI is InChI=1S/C11H13BrN2O4/c1-7(12)11(16)13(2)6-8-3-4-10(15)9(5-8)14(17)18/h3-5,7,15H,6H2,1-2H3. The van der Waals surface area contributed by atoms with E-state index in [2.05, 4.69) is 15.9 Å². The van der Waals surface area contributed by atoms with E-state index in [0.717, 1.165) is 0 Å². The Balaban J connectivity index is 2.89. The SMILES string of the molecule is CC(Br)C(=O)N(C)Cc1ccc(O)c([N+](=O)[O-])c1. The van der Waals surface area contributed by atoms with Crippen molar-refractivity contribution in [3.8, 4) is 5.75 Å². The zero-order chi connectivity index (χ0) is 13.9. The summed E-state index contributed by atoms with van der Waals surface area (Å²) < 4.78 is 0. The number of aromatic hydroxyl groups is 1. The molecule has 0 radical (unpaired) electrons. The number of nitro groups is 1. The molecule has 0 aliphatic rings. The quantitative estimate of drug-likeness (QED) is 0.523. The number of hydrogen-bond donors (Lipinski definition) is 1. The highest BCUT2D eigenvalue weighted by Gasteiger charge is 2.17. The van der Waals surface area contributed by atoms with Gasteiger partial charge in [0.05, 0.1) is 9.75 Å². The smallest absolute Gasteiger partial charge is 0.311 e. The first-order valence-corrected chi connectivity index (χ1v) is 6.10. The maximum absolute atomic E-state index is 11.6. The van der Waals surface area contributed by atoms with Gasteiger partial charge in [-0.05, 0) is 18.6 Å². The van der Waals surface area contributed by atoms with E-state index in [9.17, 15) is 20.0 Å². The number of nitro benzene ring substituents is 1. The summed E-state index contributed by atoms with van der Waals surface area (Å²) in [5.74, 6) is -0.502. The van der Waals surface area contributed by atoms with Crippen molar-refractivity contribution < 1.29 is 14.8 Å². The van der Waals surface area contributed by atoms with E-state index in [0.29, 0.717) is 5.56 Å². The van der Waals surface area contributed by atoms with Gasteiger partial charge in [-0.1, -0.05) is 22.0 Å². The molecule has 0 saturated carbocycles. The van der Waals surface area contributed by atoms with Crippen LogP contribution >= 0.6 is 15.9 Å². The number of halogens is 1. The molecule has 0 fully saturated rings. The first-order chi connectivity index (χ1) is 8.32. The summed E-state index contributed by atoms with van der Waals surface area (Å²) in [7, 11) is 1.61. The van der Waals surface area contributed by atoms with E-state index < -0.39 is 4.92 Å². The fraction of sp³-hybridized carbons (Fsp3) is 0.364. The zero-order valence-corrected chi connectivity index (χ0v) is 11.5. The highest BCUT2D eigenvalue weighted by Crippen LogP contribution is 2.26. The maximum atomic E-state index is 11.6. The van der Waals surface area contributed by atoms with Crippen LogP contribution in [0.5, 0.6) is 5.75 Å². The molecule has 0 saturated heterocycles. The van der Waals surface area contributed by atoms with E-state index >= 15 is 0 Å². The minimum Gasteiger partial charge on any atom is -0.502 e. The second kappa shape index (κ2) is 5.81. The molecular formula is C11H13BrN2O4. The Morgan fingerprint density at radius 3 is 2.72 bits per heavy atom. The van der Waals surface area contributed by atoms with Crippen LogP contribution in [0.1, 0.15) is 12.5 Å². The van der Waals surface area contributed by atoms with Crippen molar-refractivity contribution in [1.29, 1.82) is 0 Å². The largest absolute Gasteiger partial charge is 0.502 e. The van der Waals surface area contributed by atoms with E-state index in [4.69, 9.17) is 0 Å². The average molecular weight is 317 g/mol. The van der Waals surface area contributed by atoms with Gasteiger partial charge in [0.25, 0.3) is 0 Å². The second-order valence-corrected chi connectivity index (χ2v) is 5.26. The fourth-order valence-corrected chi connectivity index (χ4v) is 1.82. The van der Waals surface area contributed by atoms with Crippen molar-refractivity contribution in [2.75, 3.05) is 7.05 Å². The predicted octanol–water partition coefficient (Wildman–Crippen LogP) is 2.04. The van der Waals surface area contributed by atoms with Gasteiger partial charge in [-0.2, -0.15) is 0 Å². The summed E-state index contributed by atoms with van der Waals surface area (Å²) in [6.45, 7) is 1.95. The lowest BCUT2D eigenvalue weighted by molar-refractivity contribution is -0.385. The summed E-state index contributed by atoms with van der Waals surface area (Å²) >= 11 is 3.16. The monoisotopic (exact) mass is 316 g/mol. The molecule has 1 aromatic carbocycles. The topological polar surface area (TPSA) is 83.7 Å². The number of nitrogens with zero attached hydrogens (tertiary/aromatic N) is 2. The number of carbonyl (C=O) groups excluding carboxylic acids is 1. The van der Waals surface area contributed by atoms with Crippen LogP contribution in [0.15, 0.2) is 18.2 Å². The third-order valence-electron chi connectivity index (χ3n) is 2.37. The van der Waals surface area contributed by atoms with Crippen LogP contribution in [0.3, 0.4) is 0 Å². The maximum Gasteiger partial charge on any atom is 0.311 e. The Hall–Kier alpha value is -1.63. The Bertz CT molecular complexity index is 476. The predicted molar refractivity (Wildman–Crippen MR) is 69.6 cm³/mol. The van der Waals surface area contributed by atoms with Crippen molar-refractivity contribution in [3.63, 3.8) is 0 Å². The first kappa shape index (κ1) is 14.4. The van der Waals surface area contributed by atoms with Gasteiger partial charge in [-0.15, -0.1) is 0 Å². The number of amides is 1. The molecule has 1 aromatic rings. The molecule has 0 heterocycles. The van der Waals surface area contributed by atoms with Gasteiger partial charge in [0.1, 0.15) is 0 Å². The molecule has 1 unspecified atom stereocenters. The minimum atomic E-state index is -0.659. The van der Waals surface area contributed by atoms with Crippen LogP contribution < -0.4 is 0 Å². The number of carbonyl (C=O) groups is 1. The fourth-order valence-electron chi connectivity index (χ4n) is 1.47. The zero-order valence-electron chi connectivity index (χ0n) is 9.96. The van der Waals surface area contributed by atoms with Gasteiger partial charge in [0, 0.05) is 19.7 Å².